The number of rotatable bonds is 9. The number of nitrogens with zero attached hydrogens (tertiary/aromatic N) is 3. The average molecular weight is 471 g/mol. The summed E-state index contributed by atoms with van der Waals surface area (Å²) >= 11 is 2.12. The zero-order chi connectivity index (χ0) is 17.1. The molecule has 1 aliphatic heterocycles. The molecule has 1 rings (SSSR count). The minimum absolute atomic E-state index is 0. The van der Waals surface area contributed by atoms with E-state index < -0.39 is 0 Å². The fourth-order valence-electron chi connectivity index (χ4n) is 2.89. The number of hydrogen-bond acceptors (Lipinski definition) is 3. The van der Waals surface area contributed by atoms with E-state index in [2.05, 4.69) is 59.8 Å². The molecule has 0 aromatic rings. The first-order chi connectivity index (χ1) is 11.0. The van der Waals surface area contributed by atoms with Crippen molar-refractivity contribution < 1.29 is 0 Å². The van der Waals surface area contributed by atoms with Crippen LogP contribution in [0.25, 0.3) is 0 Å². The fourth-order valence-corrected chi connectivity index (χ4v) is 4.19. The summed E-state index contributed by atoms with van der Waals surface area (Å²) in [5.41, 5.74) is 0. The Labute approximate surface area is 171 Å². The molecule has 1 N–H and O–H groups in total. The largest absolute Gasteiger partial charge is 0.356 e. The maximum atomic E-state index is 4.49. The predicted octanol–water partition coefficient (Wildman–Crippen LogP) is 3.77. The zero-order valence-electron chi connectivity index (χ0n) is 16.4. The van der Waals surface area contributed by atoms with Crippen LogP contribution in [0.5, 0.6) is 0 Å². The van der Waals surface area contributed by atoms with Crippen molar-refractivity contribution in [1.29, 1.82) is 0 Å². The van der Waals surface area contributed by atoms with E-state index in [1.54, 1.807) is 0 Å². The summed E-state index contributed by atoms with van der Waals surface area (Å²) in [7, 11) is 6.21. The van der Waals surface area contributed by atoms with Gasteiger partial charge in [-0.3, -0.25) is 4.99 Å². The summed E-state index contributed by atoms with van der Waals surface area (Å²) in [5.74, 6) is 3.06. The number of aliphatic imine (C=N–C) groups is 1. The Morgan fingerprint density at radius 1 is 1.21 bits per heavy atom. The highest BCUT2D eigenvalue weighted by Gasteiger charge is 2.24. The highest BCUT2D eigenvalue weighted by molar-refractivity contribution is 14.0. The fraction of sp³-hybridized carbons (Fsp3) is 0.944. The van der Waals surface area contributed by atoms with Gasteiger partial charge in [-0.2, -0.15) is 11.8 Å². The van der Waals surface area contributed by atoms with Gasteiger partial charge in [0.1, 0.15) is 0 Å². The standard InChI is InChI=1S/C18H38N4S.HI/c1-16(2)17-15-22(13-14-23-17)18(19-3)20-11-9-7-6-8-10-12-21(4)5;/h16-17H,6-15H2,1-5H3,(H,19,20);1H. The van der Waals surface area contributed by atoms with E-state index in [9.17, 15) is 0 Å². The van der Waals surface area contributed by atoms with Gasteiger partial charge in [0.2, 0.25) is 0 Å². The van der Waals surface area contributed by atoms with Crippen LogP contribution in [-0.4, -0.2) is 74.1 Å². The SMILES string of the molecule is CN=C(NCCCCCCCN(C)C)N1CCSC(C(C)C)C1.I. The van der Waals surface area contributed by atoms with Gasteiger partial charge in [-0.15, -0.1) is 24.0 Å². The van der Waals surface area contributed by atoms with Crippen molar-refractivity contribution in [2.24, 2.45) is 10.9 Å². The highest BCUT2D eigenvalue weighted by Crippen LogP contribution is 2.24. The van der Waals surface area contributed by atoms with Crippen LogP contribution in [0.1, 0.15) is 46.0 Å². The van der Waals surface area contributed by atoms with Crippen molar-refractivity contribution in [3.8, 4) is 0 Å². The van der Waals surface area contributed by atoms with Crippen molar-refractivity contribution >= 4 is 41.7 Å². The van der Waals surface area contributed by atoms with E-state index in [0.29, 0.717) is 0 Å². The summed E-state index contributed by atoms with van der Waals surface area (Å²) in [6, 6.07) is 0. The first-order valence-electron chi connectivity index (χ1n) is 9.26. The third-order valence-corrected chi connectivity index (χ3v) is 5.95. The van der Waals surface area contributed by atoms with Gasteiger partial charge < -0.3 is 15.1 Å². The first kappa shape index (κ1) is 24.3. The molecule has 0 aromatic heterocycles. The Balaban J connectivity index is 0.00000529. The normalized spacial score (nSPS) is 18.9. The van der Waals surface area contributed by atoms with Gasteiger partial charge in [-0.1, -0.05) is 33.1 Å². The second-order valence-corrected chi connectivity index (χ2v) is 8.49. The number of halogens is 1. The molecule has 0 radical (unpaired) electrons. The van der Waals surface area contributed by atoms with Gasteiger partial charge in [0.05, 0.1) is 0 Å². The first-order valence-corrected chi connectivity index (χ1v) is 10.3. The van der Waals surface area contributed by atoms with Gasteiger partial charge in [-0.25, -0.2) is 0 Å². The molecule has 1 atom stereocenters. The minimum atomic E-state index is 0. The molecule has 24 heavy (non-hydrogen) atoms. The molecule has 0 saturated carbocycles. The number of guanidine groups is 1. The maximum Gasteiger partial charge on any atom is 0.193 e. The maximum absolute atomic E-state index is 4.49. The van der Waals surface area contributed by atoms with Crippen LogP contribution in [0, 0.1) is 5.92 Å². The molecule has 0 aliphatic carbocycles. The Morgan fingerprint density at radius 3 is 2.50 bits per heavy atom. The van der Waals surface area contributed by atoms with Crippen molar-refractivity contribution in [2.75, 3.05) is 53.1 Å². The smallest absolute Gasteiger partial charge is 0.193 e. The van der Waals surface area contributed by atoms with E-state index in [-0.39, 0.29) is 24.0 Å². The molecule has 1 saturated heterocycles. The van der Waals surface area contributed by atoms with Crippen LogP contribution in [0.2, 0.25) is 0 Å². The Kier molecular flexibility index (Phi) is 14.7. The topological polar surface area (TPSA) is 30.9 Å². The van der Waals surface area contributed by atoms with E-state index in [4.69, 9.17) is 0 Å². The Hall–Kier alpha value is 0.310. The van der Waals surface area contributed by atoms with E-state index in [1.165, 1.54) is 44.4 Å². The predicted molar refractivity (Wildman–Crippen MR) is 121 cm³/mol. The van der Waals surface area contributed by atoms with Crippen LogP contribution >= 0.6 is 35.7 Å². The third-order valence-electron chi connectivity index (χ3n) is 4.41. The summed E-state index contributed by atoms with van der Waals surface area (Å²) < 4.78 is 0. The van der Waals surface area contributed by atoms with Gasteiger partial charge >= 0.3 is 0 Å². The van der Waals surface area contributed by atoms with Crippen LogP contribution in [0.3, 0.4) is 0 Å². The quantitative estimate of drug-likeness (QED) is 0.241. The van der Waals surface area contributed by atoms with Crippen LogP contribution < -0.4 is 5.32 Å². The molecule has 1 aliphatic rings. The van der Waals surface area contributed by atoms with E-state index in [1.807, 2.05) is 7.05 Å². The number of thioether (sulfide) groups is 1. The van der Waals surface area contributed by atoms with Crippen molar-refractivity contribution in [3.05, 3.63) is 0 Å². The van der Waals surface area contributed by atoms with Crippen LogP contribution in [0.4, 0.5) is 0 Å². The zero-order valence-corrected chi connectivity index (χ0v) is 19.5. The molecule has 0 aromatic carbocycles. The highest BCUT2D eigenvalue weighted by atomic mass is 127. The summed E-state index contributed by atoms with van der Waals surface area (Å²) in [4.78, 5) is 9.20. The molecule has 0 spiro atoms. The van der Waals surface area contributed by atoms with Gasteiger partial charge in [0.25, 0.3) is 0 Å². The van der Waals surface area contributed by atoms with Crippen LogP contribution in [0.15, 0.2) is 4.99 Å². The lowest BCUT2D eigenvalue weighted by atomic mass is 10.1. The second kappa shape index (κ2) is 14.5. The molecular weight excluding hydrogens is 431 g/mol. The molecule has 1 heterocycles. The van der Waals surface area contributed by atoms with Gasteiger partial charge in [-0.05, 0) is 39.4 Å². The molecule has 144 valence electrons. The van der Waals surface area contributed by atoms with Crippen molar-refractivity contribution in [2.45, 2.75) is 51.2 Å². The minimum Gasteiger partial charge on any atom is -0.356 e. The van der Waals surface area contributed by atoms with E-state index in [0.717, 1.165) is 36.8 Å². The molecule has 1 unspecified atom stereocenters. The van der Waals surface area contributed by atoms with Gasteiger partial charge in [0.15, 0.2) is 5.96 Å². The molecular formula is C18H39IN4S. The van der Waals surface area contributed by atoms with E-state index >= 15 is 0 Å². The Bertz CT molecular complexity index is 337. The molecule has 0 bridgehead atoms. The lowest BCUT2D eigenvalue weighted by Gasteiger charge is -2.36. The second-order valence-electron chi connectivity index (χ2n) is 7.14. The summed E-state index contributed by atoms with van der Waals surface area (Å²) in [6.45, 7) is 9.18. The van der Waals surface area contributed by atoms with Crippen molar-refractivity contribution in [1.82, 2.24) is 15.1 Å². The molecule has 4 nitrogen and oxygen atoms in total. The number of hydrogen-bond donors (Lipinski definition) is 1. The monoisotopic (exact) mass is 470 g/mol. The number of unbranched alkanes of at least 4 members (excludes halogenated alkanes) is 4. The third kappa shape index (κ3) is 10.3. The Morgan fingerprint density at radius 2 is 1.88 bits per heavy atom. The van der Waals surface area contributed by atoms with Crippen LogP contribution in [-0.2, 0) is 0 Å². The van der Waals surface area contributed by atoms with Crippen molar-refractivity contribution in [3.63, 3.8) is 0 Å². The molecule has 1 fully saturated rings. The summed E-state index contributed by atoms with van der Waals surface area (Å²) in [6.07, 6.45) is 6.60. The summed E-state index contributed by atoms with van der Waals surface area (Å²) in [5, 5.41) is 4.30. The van der Waals surface area contributed by atoms with Gasteiger partial charge in [0, 0.05) is 37.7 Å². The number of nitrogens with one attached hydrogen (secondary N) is 1. The lowest BCUT2D eigenvalue weighted by molar-refractivity contribution is 0.379. The average Bonchev–Trinajstić information content (AvgIpc) is 2.53. The molecule has 0 amide bonds. The lowest BCUT2D eigenvalue weighted by Crippen LogP contribution is -2.49. The molecule has 6 heteroatoms.